The summed E-state index contributed by atoms with van der Waals surface area (Å²) >= 11 is 0. The highest BCUT2D eigenvalue weighted by Crippen LogP contribution is 2.27. The Morgan fingerprint density at radius 3 is 2.55 bits per heavy atom. The van der Waals surface area contributed by atoms with Gasteiger partial charge in [0.05, 0.1) is 13.3 Å². The van der Waals surface area contributed by atoms with Crippen LogP contribution in [0.4, 0.5) is 5.69 Å². The van der Waals surface area contributed by atoms with Crippen LogP contribution in [0.3, 0.4) is 0 Å². The largest absolute Gasteiger partial charge is 0.493 e. The Morgan fingerprint density at radius 2 is 1.86 bits per heavy atom. The fourth-order valence-electron chi connectivity index (χ4n) is 2.38. The fourth-order valence-corrected chi connectivity index (χ4v) is 2.38. The van der Waals surface area contributed by atoms with Crippen molar-refractivity contribution in [2.24, 2.45) is 10.8 Å². The van der Waals surface area contributed by atoms with Crippen LogP contribution in [0.2, 0.25) is 0 Å². The summed E-state index contributed by atoms with van der Waals surface area (Å²) in [7, 11) is 1.44. The molecule has 9 heteroatoms. The number of benzene rings is 2. The summed E-state index contributed by atoms with van der Waals surface area (Å²) in [6, 6.07) is 12.0. The highest BCUT2D eigenvalue weighted by atomic mass is 16.5. The Bertz CT molecular complexity index is 927. The van der Waals surface area contributed by atoms with Gasteiger partial charge in [-0.2, -0.15) is 5.10 Å². The molecule has 0 saturated carbocycles. The lowest BCUT2D eigenvalue weighted by molar-refractivity contribution is -0.136. The Balaban J connectivity index is 1.96. The molecule has 2 aromatic carbocycles. The van der Waals surface area contributed by atoms with Crippen LogP contribution in [-0.4, -0.2) is 37.7 Å². The van der Waals surface area contributed by atoms with Gasteiger partial charge < -0.3 is 20.5 Å². The smallest absolute Gasteiger partial charge is 0.329 e. The molecule has 9 nitrogen and oxygen atoms in total. The number of hydrogen-bond donors (Lipinski definition) is 3. The zero-order valence-electron chi connectivity index (χ0n) is 16.1. The second kappa shape index (κ2) is 10.5. The molecule has 29 heavy (non-hydrogen) atoms. The number of primary amides is 1. The molecule has 0 aromatic heterocycles. The first-order chi connectivity index (χ1) is 13.9. The van der Waals surface area contributed by atoms with Crippen LogP contribution in [0.15, 0.2) is 47.6 Å². The Kier molecular flexibility index (Phi) is 7.72. The molecule has 0 fully saturated rings. The molecule has 0 aliphatic carbocycles. The highest BCUT2D eigenvalue weighted by Gasteiger charge is 2.14. The number of carbonyl (C=O) groups is 3. The van der Waals surface area contributed by atoms with Gasteiger partial charge in [0.25, 0.3) is 5.91 Å². The summed E-state index contributed by atoms with van der Waals surface area (Å²) in [5.74, 6) is -1.64. The van der Waals surface area contributed by atoms with Gasteiger partial charge in [-0.15, -0.1) is 0 Å². The molecule has 0 unspecified atom stereocenters. The van der Waals surface area contributed by atoms with Crippen LogP contribution in [0, 0.1) is 0 Å². The van der Waals surface area contributed by atoms with Crippen molar-refractivity contribution < 1.29 is 23.9 Å². The van der Waals surface area contributed by atoms with Crippen molar-refractivity contribution in [2.45, 2.75) is 13.3 Å². The van der Waals surface area contributed by atoms with Crippen LogP contribution in [0.1, 0.15) is 18.1 Å². The van der Waals surface area contributed by atoms with Crippen molar-refractivity contribution in [1.29, 1.82) is 0 Å². The summed E-state index contributed by atoms with van der Waals surface area (Å²) in [5.41, 5.74) is 9.28. The minimum atomic E-state index is -0.902. The number of nitrogens with zero attached hydrogens (tertiary/aromatic N) is 1. The second-order valence-electron chi connectivity index (χ2n) is 5.83. The molecule has 4 N–H and O–H groups in total. The zero-order valence-corrected chi connectivity index (χ0v) is 16.1. The number of carbonyl (C=O) groups excluding carboxylic acids is 3. The number of methoxy groups -OCH3 is 1. The second-order valence-corrected chi connectivity index (χ2v) is 5.83. The monoisotopic (exact) mass is 398 g/mol. The number of anilines is 1. The third kappa shape index (κ3) is 6.35. The molecular formula is C20H22N4O5. The number of ether oxygens (including phenoxy) is 2. The molecule has 0 radical (unpaired) electrons. The molecule has 2 aromatic rings. The predicted octanol–water partition coefficient (Wildman–Crippen LogP) is 1.21. The maximum Gasteiger partial charge on any atom is 0.329 e. The van der Waals surface area contributed by atoms with Crippen molar-refractivity contribution in [2.75, 3.05) is 19.0 Å². The minimum absolute atomic E-state index is 0.282. The summed E-state index contributed by atoms with van der Waals surface area (Å²) < 4.78 is 10.4. The van der Waals surface area contributed by atoms with Gasteiger partial charge in [-0.25, -0.2) is 5.43 Å². The van der Waals surface area contributed by atoms with Crippen LogP contribution in [0.25, 0.3) is 0 Å². The number of hydrazone groups is 1. The summed E-state index contributed by atoms with van der Waals surface area (Å²) in [6.07, 6.45) is 2.06. The van der Waals surface area contributed by atoms with Crippen LogP contribution >= 0.6 is 0 Å². The molecule has 0 atom stereocenters. The van der Waals surface area contributed by atoms with Gasteiger partial charge in [0.15, 0.2) is 18.1 Å². The molecule has 152 valence electrons. The summed E-state index contributed by atoms with van der Waals surface area (Å²) in [6.45, 7) is 1.67. The van der Waals surface area contributed by atoms with E-state index in [0.29, 0.717) is 22.7 Å². The normalized spacial score (nSPS) is 10.4. The van der Waals surface area contributed by atoms with E-state index in [1.807, 2.05) is 19.1 Å². The maximum absolute atomic E-state index is 12.0. The lowest BCUT2D eigenvalue weighted by Gasteiger charge is -2.10. The summed E-state index contributed by atoms with van der Waals surface area (Å²) in [4.78, 5) is 34.8. The van der Waals surface area contributed by atoms with E-state index in [-0.39, 0.29) is 6.61 Å². The van der Waals surface area contributed by atoms with E-state index in [2.05, 4.69) is 15.8 Å². The van der Waals surface area contributed by atoms with Crippen LogP contribution in [-0.2, 0) is 20.8 Å². The van der Waals surface area contributed by atoms with E-state index >= 15 is 0 Å². The Labute approximate surface area is 167 Å². The lowest BCUT2D eigenvalue weighted by Crippen LogP contribution is -2.32. The van der Waals surface area contributed by atoms with Crippen molar-refractivity contribution in [1.82, 2.24) is 5.43 Å². The zero-order chi connectivity index (χ0) is 21.2. The van der Waals surface area contributed by atoms with E-state index < -0.39 is 17.7 Å². The number of amides is 3. The standard InChI is InChI=1S/C20H22N4O5/c1-3-14-6-4-5-7-15(14)23-19(26)20(27)24-22-11-13-8-9-16(17(10-13)28-2)29-12-18(21)25/h4-11H,3,12H2,1-2H3,(H2,21,25)(H,23,26)(H,24,27)/b22-11-. The Morgan fingerprint density at radius 1 is 1.10 bits per heavy atom. The number of hydrogen-bond acceptors (Lipinski definition) is 6. The molecule has 0 saturated heterocycles. The van der Waals surface area contributed by atoms with Gasteiger partial charge in [0.1, 0.15) is 0 Å². The van der Waals surface area contributed by atoms with Crippen molar-refractivity contribution >= 4 is 29.6 Å². The van der Waals surface area contributed by atoms with Crippen molar-refractivity contribution in [3.8, 4) is 11.5 Å². The van der Waals surface area contributed by atoms with Gasteiger partial charge in [0, 0.05) is 5.69 Å². The lowest BCUT2D eigenvalue weighted by atomic mass is 10.1. The van der Waals surface area contributed by atoms with Gasteiger partial charge in [-0.05, 0) is 41.8 Å². The molecule has 0 aliphatic rings. The first kappa shape index (κ1) is 21.4. The Hall–Kier alpha value is -3.88. The van der Waals surface area contributed by atoms with E-state index in [1.54, 1.807) is 30.3 Å². The number of nitrogens with two attached hydrogens (primary N) is 1. The fraction of sp³-hybridized carbons (Fsp3) is 0.200. The average Bonchev–Trinajstić information content (AvgIpc) is 2.72. The molecule has 0 bridgehead atoms. The van der Waals surface area contributed by atoms with Crippen LogP contribution < -0.4 is 25.9 Å². The molecular weight excluding hydrogens is 376 g/mol. The quantitative estimate of drug-likeness (QED) is 0.349. The first-order valence-corrected chi connectivity index (χ1v) is 8.76. The molecule has 2 rings (SSSR count). The van der Waals surface area contributed by atoms with Gasteiger partial charge in [-0.1, -0.05) is 25.1 Å². The highest BCUT2D eigenvalue weighted by molar-refractivity contribution is 6.39. The number of nitrogens with one attached hydrogen (secondary N) is 2. The molecule has 0 spiro atoms. The first-order valence-electron chi connectivity index (χ1n) is 8.76. The third-order valence-corrected chi connectivity index (χ3v) is 3.79. The average molecular weight is 398 g/mol. The van der Waals surface area contributed by atoms with Crippen molar-refractivity contribution in [3.63, 3.8) is 0 Å². The topological polar surface area (TPSA) is 132 Å². The number of para-hydroxylation sites is 1. The van der Waals surface area contributed by atoms with E-state index in [0.717, 1.165) is 12.0 Å². The SMILES string of the molecule is CCc1ccccc1NC(=O)C(=O)N/N=C\c1ccc(OCC(N)=O)c(OC)c1. The minimum Gasteiger partial charge on any atom is -0.493 e. The maximum atomic E-state index is 12.0. The van der Waals surface area contributed by atoms with Gasteiger partial charge >= 0.3 is 11.8 Å². The van der Waals surface area contributed by atoms with E-state index in [1.165, 1.54) is 13.3 Å². The number of aryl methyl sites for hydroxylation is 1. The summed E-state index contributed by atoms with van der Waals surface area (Å²) in [5, 5.41) is 6.33. The third-order valence-electron chi connectivity index (χ3n) is 3.79. The molecule has 0 aliphatic heterocycles. The van der Waals surface area contributed by atoms with E-state index in [9.17, 15) is 14.4 Å². The van der Waals surface area contributed by atoms with Gasteiger partial charge in [0.2, 0.25) is 0 Å². The molecule has 0 heterocycles. The van der Waals surface area contributed by atoms with Gasteiger partial charge in [-0.3, -0.25) is 14.4 Å². The van der Waals surface area contributed by atoms with Crippen molar-refractivity contribution in [3.05, 3.63) is 53.6 Å². The number of rotatable bonds is 8. The predicted molar refractivity (Wildman–Crippen MR) is 108 cm³/mol. The molecule has 3 amide bonds. The van der Waals surface area contributed by atoms with Crippen LogP contribution in [0.5, 0.6) is 11.5 Å². The van der Waals surface area contributed by atoms with E-state index in [4.69, 9.17) is 15.2 Å².